The zero-order valence-corrected chi connectivity index (χ0v) is 23.8. The molecule has 2 amide bonds. The third kappa shape index (κ3) is 5.70. The normalized spacial score (nSPS) is 23.7. The minimum atomic E-state index is -1.76. The Morgan fingerprint density at radius 1 is 1.05 bits per heavy atom. The molecule has 2 aromatic heterocycles. The Morgan fingerprint density at radius 2 is 1.89 bits per heavy atom. The van der Waals surface area contributed by atoms with Crippen LogP contribution in [0.15, 0.2) is 76.4 Å². The van der Waals surface area contributed by atoms with Gasteiger partial charge in [-0.25, -0.2) is 0 Å². The summed E-state index contributed by atoms with van der Waals surface area (Å²) in [6.07, 6.45) is 3.99. The second kappa shape index (κ2) is 12.6. The van der Waals surface area contributed by atoms with E-state index in [2.05, 4.69) is 4.98 Å². The summed E-state index contributed by atoms with van der Waals surface area (Å²) < 4.78 is 11.7. The lowest BCUT2D eigenvalue weighted by Gasteiger charge is -2.42. The molecule has 2 saturated heterocycles. The van der Waals surface area contributed by atoms with Crippen molar-refractivity contribution >= 4 is 48.9 Å². The van der Waals surface area contributed by atoms with Crippen molar-refractivity contribution in [1.29, 1.82) is 0 Å². The monoisotopic (exact) mass is 598 g/mol. The molecule has 0 unspecified atom stereocenters. The maximum absolute atomic E-state index is 13.9. The summed E-state index contributed by atoms with van der Waals surface area (Å²) in [7, 11) is -2.95. The Labute approximate surface area is 254 Å². The Hall–Kier alpha value is -3.84. The van der Waals surface area contributed by atoms with E-state index < -0.39 is 49.9 Å². The first-order valence-electron chi connectivity index (χ1n) is 14.6. The molecule has 1 aliphatic carbocycles. The van der Waals surface area contributed by atoms with Crippen molar-refractivity contribution in [3.8, 4) is 0 Å². The maximum atomic E-state index is 13.9. The van der Waals surface area contributed by atoms with Crippen LogP contribution in [0, 0.1) is 17.8 Å². The molecule has 4 atom stereocenters. The van der Waals surface area contributed by atoms with Crippen LogP contribution in [0.2, 0.25) is 6.32 Å². The quantitative estimate of drug-likeness (QED) is 0.137. The summed E-state index contributed by atoms with van der Waals surface area (Å²) in [4.78, 5) is 33.1. The largest absolute Gasteiger partial charge is 0.488 e. The van der Waals surface area contributed by atoms with Crippen LogP contribution in [0.25, 0.3) is 11.6 Å². The highest BCUT2D eigenvalue weighted by atomic mass is 16.5. The molecular formula is C31H32B2N2O9. The second-order valence-electron chi connectivity index (χ2n) is 11.3. The number of nitrogens with zero attached hydrogens (tertiary/aromatic N) is 2. The summed E-state index contributed by atoms with van der Waals surface area (Å²) in [6.45, 7) is -0.548. The lowest BCUT2D eigenvalue weighted by atomic mass is 9.58. The number of hydrogen-bond donors (Lipinski definition) is 5. The topological polar surface area (TPSA) is 174 Å². The Bertz CT molecular complexity index is 1610. The number of furan rings is 1. The number of anilines is 1. The summed E-state index contributed by atoms with van der Waals surface area (Å²) in [6, 6.07) is 15.0. The van der Waals surface area contributed by atoms with Crippen molar-refractivity contribution in [1.82, 2.24) is 4.98 Å². The number of aliphatic hydroxyl groups excluding tert-OH is 2. The summed E-state index contributed by atoms with van der Waals surface area (Å²) in [5.74, 6) is -1.90. The summed E-state index contributed by atoms with van der Waals surface area (Å²) in [5, 5.41) is 50.0. The SMILES string of the molecule is O=C1[C@@H]2[C@@H](CC(CO)=C3[C@@H](CC/C(=C/c4ccc(CO)o4)c4ccccn4)OB(O)C[C@@H]32)C(=O)N1c1cccc(B(O)O)c1. The molecule has 3 aromatic rings. The fourth-order valence-corrected chi connectivity index (χ4v) is 6.83. The first kappa shape index (κ1) is 30.2. The van der Waals surface area contributed by atoms with Gasteiger partial charge in [-0.05, 0) is 96.2 Å². The molecular weight excluding hydrogens is 566 g/mol. The van der Waals surface area contributed by atoms with Crippen LogP contribution >= 0.6 is 0 Å². The Balaban J connectivity index is 1.30. The molecule has 0 bridgehead atoms. The first-order chi connectivity index (χ1) is 21.3. The van der Waals surface area contributed by atoms with E-state index in [0.717, 1.165) is 16.0 Å². The average molecular weight is 598 g/mol. The van der Waals surface area contributed by atoms with Gasteiger partial charge in [-0.15, -0.1) is 0 Å². The zero-order chi connectivity index (χ0) is 31.0. The molecule has 11 nitrogen and oxygen atoms in total. The van der Waals surface area contributed by atoms with Gasteiger partial charge in [0, 0.05) is 6.20 Å². The van der Waals surface area contributed by atoms with Crippen molar-refractivity contribution in [3.05, 3.63) is 89.2 Å². The van der Waals surface area contributed by atoms with Gasteiger partial charge in [0.05, 0.1) is 35.9 Å². The molecule has 0 radical (unpaired) electrons. The number of imide groups is 1. The van der Waals surface area contributed by atoms with Crippen LogP contribution in [0.1, 0.15) is 36.5 Å². The number of carbonyl (C=O) groups is 2. The van der Waals surface area contributed by atoms with Gasteiger partial charge in [-0.2, -0.15) is 0 Å². The van der Waals surface area contributed by atoms with Gasteiger partial charge in [0.1, 0.15) is 18.1 Å². The Morgan fingerprint density at radius 3 is 2.59 bits per heavy atom. The van der Waals surface area contributed by atoms with E-state index >= 15 is 0 Å². The van der Waals surface area contributed by atoms with Crippen LogP contribution in [0.4, 0.5) is 5.69 Å². The van der Waals surface area contributed by atoms with Crippen LogP contribution in [0.3, 0.4) is 0 Å². The van der Waals surface area contributed by atoms with Crippen LogP contribution in [-0.2, 0) is 20.9 Å². The van der Waals surface area contributed by atoms with Crippen molar-refractivity contribution in [2.75, 3.05) is 11.5 Å². The number of benzene rings is 1. The standard InChI is InChI=1S/C31H32B2N2O9/c36-16-19-13-24-29(31(39)35(30(24)38)21-5-3-4-20(14-21)33(41)42)25-15-32(40)44-27(28(19)25)10-7-18(26-6-1-2-11-34-26)12-22-8-9-23(17-37)43-22/h1-6,8-9,11-12,14,24-25,27,29,36-37,40-42H,7,10,13,15-17H2/b18-12-/t24-,25+,27-,29-/m1/s1. The van der Waals surface area contributed by atoms with Crippen LogP contribution in [0.5, 0.6) is 0 Å². The number of amides is 2. The van der Waals surface area contributed by atoms with Gasteiger partial charge < -0.3 is 34.4 Å². The maximum Gasteiger partial charge on any atom is 0.488 e. The predicted molar refractivity (Wildman–Crippen MR) is 162 cm³/mol. The Kier molecular flexibility index (Phi) is 8.68. The number of pyridine rings is 1. The summed E-state index contributed by atoms with van der Waals surface area (Å²) >= 11 is 0. The first-order valence-corrected chi connectivity index (χ1v) is 14.6. The van der Waals surface area contributed by atoms with Crippen molar-refractivity contribution in [2.24, 2.45) is 17.8 Å². The molecule has 3 aliphatic rings. The molecule has 4 heterocycles. The molecule has 0 spiro atoms. The van der Waals surface area contributed by atoms with Gasteiger partial charge in [0.15, 0.2) is 0 Å². The van der Waals surface area contributed by atoms with E-state index in [4.69, 9.17) is 9.07 Å². The zero-order valence-electron chi connectivity index (χ0n) is 23.8. The highest BCUT2D eigenvalue weighted by Gasteiger charge is 2.57. The molecule has 226 valence electrons. The lowest BCUT2D eigenvalue weighted by Crippen LogP contribution is -2.46. The summed E-state index contributed by atoms with van der Waals surface area (Å²) in [5.41, 5.74) is 3.29. The third-order valence-electron chi connectivity index (χ3n) is 8.75. The molecule has 13 heteroatoms. The minimum Gasteiger partial charge on any atom is -0.459 e. The molecule has 44 heavy (non-hydrogen) atoms. The van der Waals surface area contributed by atoms with Gasteiger partial charge in [-0.1, -0.05) is 18.2 Å². The highest BCUT2D eigenvalue weighted by Crippen LogP contribution is 2.51. The predicted octanol–water partition coefficient (Wildman–Crippen LogP) is 1.16. The van der Waals surface area contributed by atoms with E-state index in [9.17, 15) is 34.9 Å². The van der Waals surface area contributed by atoms with Crippen molar-refractivity contribution in [2.45, 2.75) is 38.3 Å². The number of fused-ring (bicyclic) bond motifs is 3. The molecule has 5 N–H and O–H groups in total. The number of rotatable bonds is 9. The highest BCUT2D eigenvalue weighted by molar-refractivity contribution is 6.58. The number of aromatic nitrogens is 1. The van der Waals surface area contributed by atoms with Crippen LogP contribution in [-0.4, -0.2) is 69.0 Å². The lowest BCUT2D eigenvalue weighted by molar-refractivity contribution is -0.122. The van der Waals surface area contributed by atoms with E-state index in [1.807, 2.05) is 24.3 Å². The van der Waals surface area contributed by atoms with E-state index in [-0.39, 0.29) is 37.1 Å². The van der Waals surface area contributed by atoms with Gasteiger partial charge in [0.2, 0.25) is 11.8 Å². The molecule has 1 aromatic carbocycles. The van der Waals surface area contributed by atoms with Gasteiger partial charge in [0.25, 0.3) is 0 Å². The smallest absolute Gasteiger partial charge is 0.459 e. The second-order valence-corrected chi connectivity index (χ2v) is 11.3. The number of allylic oxidation sites excluding steroid dienone is 1. The van der Waals surface area contributed by atoms with Crippen LogP contribution < -0.4 is 10.4 Å². The van der Waals surface area contributed by atoms with Gasteiger partial charge >= 0.3 is 14.2 Å². The number of hydrogen-bond acceptors (Lipinski definition) is 10. The van der Waals surface area contributed by atoms with E-state index in [0.29, 0.717) is 35.6 Å². The minimum absolute atomic E-state index is 0.0953. The average Bonchev–Trinajstić information content (AvgIpc) is 3.59. The van der Waals surface area contributed by atoms with E-state index in [1.165, 1.54) is 12.1 Å². The fraction of sp³-hybridized carbons (Fsp3) is 0.323. The fourth-order valence-electron chi connectivity index (χ4n) is 6.83. The van der Waals surface area contributed by atoms with Crippen molar-refractivity contribution < 1.29 is 43.9 Å². The third-order valence-corrected chi connectivity index (χ3v) is 8.75. The van der Waals surface area contributed by atoms with Crippen molar-refractivity contribution in [3.63, 3.8) is 0 Å². The van der Waals surface area contributed by atoms with Gasteiger partial charge in [-0.3, -0.25) is 19.5 Å². The molecule has 6 rings (SSSR count). The molecule has 2 aliphatic heterocycles. The number of carbonyl (C=O) groups excluding carboxylic acids is 2. The van der Waals surface area contributed by atoms with E-state index in [1.54, 1.807) is 30.5 Å². The number of aliphatic hydroxyl groups is 2. The molecule has 2 fully saturated rings. The molecule has 0 saturated carbocycles.